The standard InChI is InChI=1S/C15H17FN2O2S/c1-10(11-4-3-5-12(16)8-11)17-15-18-13(9-21-15)6-7-14(19)20-2/h3-5,8-10H,6-7H2,1-2H3,(H,17,18). The number of aryl methyl sites for hydroxylation is 1. The van der Waals surface area contributed by atoms with Crippen LogP contribution >= 0.6 is 11.3 Å². The van der Waals surface area contributed by atoms with E-state index in [0.717, 1.165) is 16.4 Å². The molecule has 0 aliphatic rings. The van der Waals surface area contributed by atoms with Crippen LogP contribution in [0.25, 0.3) is 0 Å². The fraction of sp³-hybridized carbons (Fsp3) is 0.333. The third-order valence-electron chi connectivity index (χ3n) is 3.05. The lowest BCUT2D eigenvalue weighted by Gasteiger charge is -2.13. The van der Waals surface area contributed by atoms with Crippen molar-refractivity contribution in [2.45, 2.75) is 25.8 Å². The Morgan fingerprint density at radius 1 is 1.52 bits per heavy atom. The van der Waals surface area contributed by atoms with E-state index >= 15 is 0 Å². The molecule has 1 N–H and O–H groups in total. The number of carbonyl (C=O) groups is 1. The van der Waals surface area contributed by atoms with E-state index in [1.165, 1.54) is 30.6 Å². The molecule has 112 valence electrons. The highest BCUT2D eigenvalue weighted by molar-refractivity contribution is 7.13. The third-order valence-corrected chi connectivity index (χ3v) is 3.88. The topological polar surface area (TPSA) is 51.2 Å². The highest BCUT2D eigenvalue weighted by Gasteiger charge is 2.10. The summed E-state index contributed by atoms with van der Waals surface area (Å²) in [6, 6.07) is 6.44. The number of rotatable bonds is 6. The number of nitrogens with one attached hydrogen (secondary N) is 1. The molecule has 0 fully saturated rings. The van der Waals surface area contributed by atoms with Crippen LogP contribution in [-0.2, 0) is 16.0 Å². The summed E-state index contributed by atoms with van der Waals surface area (Å²) < 4.78 is 17.8. The van der Waals surface area contributed by atoms with Gasteiger partial charge < -0.3 is 10.1 Å². The fourth-order valence-electron chi connectivity index (χ4n) is 1.86. The van der Waals surface area contributed by atoms with Gasteiger partial charge in [-0.25, -0.2) is 9.37 Å². The highest BCUT2D eigenvalue weighted by Crippen LogP contribution is 2.23. The van der Waals surface area contributed by atoms with E-state index in [1.54, 1.807) is 6.07 Å². The maximum atomic E-state index is 13.2. The van der Waals surface area contributed by atoms with Crippen molar-refractivity contribution in [2.75, 3.05) is 12.4 Å². The van der Waals surface area contributed by atoms with E-state index in [-0.39, 0.29) is 17.8 Å². The van der Waals surface area contributed by atoms with E-state index in [0.29, 0.717) is 12.8 Å². The van der Waals surface area contributed by atoms with Gasteiger partial charge in [0.1, 0.15) is 5.82 Å². The number of methoxy groups -OCH3 is 1. The van der Waals surface area contributed by atoms with Gasteiger partial charge in [-0.05, 0) is 24.6 Å². The second-order valence-corrected chi connectivity index (χ2v) is 5.50. The number of esters is 1. The molecule has 0 radical (unpaired) electrons. The predicted molar refractivity (Wildman–Crippen MR) is 80.9 cm³/mol. The van der Waals surface area contributed by atoms with Crippen LogP contribution in [0.4, 0.5) is 9.52 Å². The molecule has 4 nitrogen and oxygen atoms in total. The van der Waals surface area contributed by atoms with Gasteiger partial charge in [0.05, 0.1) is 25.3 Å². The summed E-state index contributed by atoms with van der Waals surface area (Å²) in [4.78, 5) is 15.5. The molecule has 0 saturated heterocycles. The Hall–Kier alpha value is -1.95. The van der Waals surface area contributed by atoms with Gasteiger partial charge in [0.25, 0.3) is 0 Å². The van der Waals surface area contributed by atoms with E-state index < -0.39 is 0 Å². The summed E-state index contributed by atoms with van der Waals surface area (Å²) in [5.74, 6) is -0.496. The highest BCUT2D eigenvalue weighted by atomic mass is 32.1. The summed E-state index contributed by atoms with van der Waals surface area (Å²) >= 11 is 1.47. The minimum absolute atomic E-state index is 0.0414. The molecule has 1 atom stereocenters. The molecule has 6 heteroatoms. The van der Waals surface area contributed by atoms with Crippen LogP contribution in [0.2, 0.25) is 0 Å². The number of hydrogen-bond donors (Lipinski definition) is 1. The van der Waals surface area contributed by atoms with Gasteiger partial charge in [-0.2, -0.15) is 0 Å². The lowest BCUT2D eigenvalue weighted by atomic mass is 10.1. The van der Waals surface area contributed by atoms with Crippen LogP contribution in [0.5, 0.6) is 0 Å². The van der Waals surface area contributed by atoms with Gasteiger partial charge in [-0.3, -0.25) is 4.79 Å². The van der Waals surface area contributed by atoms with Crippen LogP contribution in [-0.4, -0.2) is 18.1 Å². The molecule has 0 aliphatic heterocycles. The van der Waals surface area contributed by atoms with Gasteiger partial charge >= 0.3 is 5.97 Å². The second-order valence-electron chi connectivity index (χ2n) is 4.64. The SMILES string of the molecule is COC(=O)CCc1csc(NC(C)c2cccc(F)c2)n1. The van der Waals surface area contributed by atoms with E-state index in [9.17, 15) is 9.18 Å². The normalized spacial score (nSPS) is 12.0. The second kappa shape index (κ2) is 7.17. The van der Waals surface area contributed by atoms with Gasteiger partial charge in [0, 0.05) is 11.8 Å². The molecule has 1 aromatic heterocycles. The smallest absolute Gasteiger partial charge is 0.305 e. The molecule has 0 bridgehead atoms. The first-order valence-electron chi connectivity index (χ1n) is 6.61. The number of carbonyl (C=O) groups excluding carboxylic acids is 1. The number of benzene rings is 1. The molecule has 2 rings (SSSR count). The summed E-state index contributed by atoms with van der Waals surface area (Å²) in [6.45, 7) is 1.95. The number of anilines is 1. The molecular formula is C15H17FN2O2S. The number of thiazole rings is 1. The van der Waals surface area contributed by atoms with E-state index in [1.807, 2.05) is 18.4 Å². The zero-order valence-electron chi connectivity index (χ0n) is 11.9. The molecule has 0 aliphatic carbocycles. The van der Waals surface area contributed by atoms with Crippen LogP contribution in [0.15, 0.2) is 29.6 Å². The molecular weight excluding hydrogens is 291 g/mol. The number of ether oxygens (including phenoxy) is 1. The summed E-state index contributed by atoms with van der Waals surface area (Å²) in [7, 11) is 1.37. The van der Waals surface area contributed by atoms with Crippen LogP contribution in [0.1, 0.15) is 30.6 Å². The first kappa shape index (κ1) is 15.4. The molecule has 1 unspecified atom stereocenters. The molecule has 0 amide bonds. The van der Waals surface area contributed by atoms with Gasteiger partial charge in [-0.15, -0.1) is 11.3 Å². The monoisotopic (exact) mass is 308 g/mol. The maximum absolute atomic E-state index is 13.2. The molecule has 0 spiro atoms. The maximum Gasteiger partial charge on any atom is 0.305 e. The van der Waals surface area contributed by atoms with Crippen molar-refractivity contribution in [3.05, 3.63) is 46.7 Å². The predicted octanol–water partition coefficient (Wildman–Crippen LogP) is 3.56. The Morgan fingerprint density at radius 3 is 3.05 bits per heavy atom. The van der Waals surface area contributed by atoms with E-state index in [4.69, 9.17) is 0 Å². The lowest BCUT2D eigenvalue weighted by molar-refractivity contribution is -0.140. The molecule has 0 saturated carbocycles. The van der Waals surface area contributed by atoms with Gasteiger partial charge in [0.2, 0.25) is 0 Å². The minimum atomic E-state index is -0.251. The minimum Gasteiger partial charge on any atom is -0.469 e. The Kier molecular flexibility index (Phi) is 5.27. The first-order chi connectivity index (χ1) is 10.1. The summed E-state index contributed by atoms with van der Waals surface area (Å²) in [5.41, 5.74) is 1.71. The average Bonchev–Trinajstić information content (AvgIpc) is 2.92. The number of halogens is 1. The Morgan fingerprint density at radius 2 is 2.33 bits per heavy atom. The lowest BCUT2D eigenvalue weighted by Crippen LogP contribution is -2.07. The van der Waals surface area contributed by atoms with E-state index in [2.05, 4.69) is 15.0 Å². The van der Waals surface area contributed by atoms with Crippen molar-refractivity contribution < 1.29 is 13.9 Å². The first-order valence-corrected chi connectivity index (χ1v) is 7.49. The Balaban J connectivity index is 1.94. The van der Waals surface area contributed by atoms with Crippen LogP contribution in [0.3, 0.4) is 0 Å². The molecule has 21 heavy (non-hydrogen) atoms. The largest absolute Gasteiger partial charge is 0.469 e. The molecule has 1 heterocycles. The zero-order valence-corrected chi connectivity index (χ0v) is 12.7. The zero-order chi connectivity index (χ0) is 15.2. The molecule has 2 aromatic rings. The van der Waals surface area contributed by atoms with Crippen LogP contribution < -0.4 is 5.32 Å². The Labute approximate surface area is 127 Å². The van der Waals surface area contributed by atoms with Crippen LogP contribution in [0, 0.1) is 5.82 Å². The van der Waals surface area contributed by atoms with Crippen molar-refractivity contribution in [1.29, 1.82) is 0 Å². The number of nitrogens with zero attached hydrogens (tertiary/aromatic N) is 1. The fourth-order valence-corrected chi connectivity index (χ4v) is 2.70. The van der Waals surface area contributed by atoms with Crippen molar-refractivity contribution in [2.24, 2.45) is 0 Å². The average molecular weight is 308 g/mol. The van der Waals surface area contributed by atoms with Gasteiger partial charge in [0.15, 0.2) is 5.13 Å². The number of hydrogen-bond acceptors (Lipinski definition) is 5. The summed E-state index contributed by atoms with van der Waals surface area (Å²) in [5, 5.41) is 5.89. The van der Waals surface area contributed by atoms with Crippen molar-refractivity contribution >= 4 is 22.4 Å². The quantitative estimate of drug-likeness (QED) is 0.829. The third kappa shape index (κ3) is 4.53. The van der Waals surface area contributed by atoms with Gasteiger partial charge in [-0.1, -0.05) is 12.1 Å². The summed E-state index contributed by atoms with van der Waals surface area (Å²) in [6.07, 6.45) is 0.873. The number of aromatic nitrogens is 1. The molecule has 1 aromatic carbocycles. The Bertz CT molecular complexity index is 615. The van der Waals surface area contributed by atoms with Crippen molar-refractivity contribution in [3.8, 4) is 0 Å². The van der Waals surface area contributed by atoms with Crippen molar-refractivity contribution in [1.82, 2.24) is 4.98 Å². The van der Waals surface area contributed by atoms with Crippen molar-refractivity contribution in [3.63, 3.8) is 0 Å².